The Bertz CT molecular complexity index is 610. The fourth-order valence-corrected chi connectivity index (χ4v) is 4.18. The third-order valence-electron chi connectivity index (χ3n) is 5.12. The zero-order chi connectivity index (χ0) is 17.2. The molecular weight excluding hydrogens is 306 g/mol. The van der Waals surface area contributed by atoms with E-state index in [-0.39, 0.29) is 19.3 Å². The predicted molar refractivity (Wildman–Crippen MR) is 89.4 cm³/mol. The summed E-state index contributed by atoms with van der Waals surface area (Å²) in [5.41, 5.74) is 0.392. The first kappa shape index (κ1) is 17.0. The topological polar surface area (TPSA) is 55.8 Å². The van der Waals surface area contributed by atoms with E-state index in [0.29, 0.717) is 0 Å². The van der Waals surface area contributed by atoms with Crippen LogP contribution in [0.1, 0.15) is 44.2 Å². The second-order valence-corrected chi connectivity index (χ2v) is 6.39. The molecule has 1 saturated heterocycles. The number of fused-ring (bicyclic) bond motifs is 2. The molecule has 1 fully saturated rings. The van der Waals surface area contributed by atoms with Crippen molar-refractivity contribution < 1.29 is 19.1 Å². The van der Waals surface area contributed by atoms with Crippen molar-refractivity contribution in [1.29, 1.82) is 0 Å². The molecule has 130 valence electrons. The van der Waals surface area contributed by atoms with Crippen molar-refractivity contribution in [3.05, 3.63) is 35.4 Å². The van der Waals surface area contributed by atoms with Gasteiger partial charge in [0.2, 0.25) is 5.41 Å². The monoisotopic (exact) mass is 331 g/mol. The van der Waals surface area contributed by atoms with Crippen LogP contribution in [-0.4, -0.2) is 42.6 Å². The number of carbonyl (C=O) groups is 2. The van der Waals surface area contributed by atoms with Crippen LogP contribution in [0.5, 0.6) is 0 Å². The molecule has 0 amide bonds. The molecule has 1 aromatic rings. The van der Waals surface area contributed by atoms with E-state index in [1.807, 2.05) is 24.3 Å². The van der Waals surface area contributed by atoms with Gasteiger partial charge in [0.05, 0.1) is 13.2 Å². The minimum absolute atomic E-state index is 0.195. The van der Waals surface area contributed by atoms with E-state index in [0.717, 1.165) is 43.5 Å². The van der Waals surface area contributed by atoms with Crippen LogP contribution in [0.4, 0.5) is 0 Å². The highest BCUT2D eigenvalue weighted by atomic mass is 16.6. The number of ether oxygens (including phenoxy) is 2. The van der Waals surface area contributed by atoms with Gasteiger partial charge in [-0.2, -0.15) is 0 Å². The molecule has 3 rings (SSSR count). The number of nitrogens with zero attached hydrogens (tertiary/aromatic N) is 1. The lowest BCUT2D eigenvalue weighted by molar-refractivity contribution is -0.171. The Kier molecular flexibility index (Phi) is 4.90. The minimum atomic E-state index is -1.37. The van der Waals surface area contributed by atoms with E-state index >= 15 is 0 Å². The normalized spacial score (nSPS) is 22.2. The first-order valence-electron chi connectivity index (χ1n) is 8.83. The second kappa shape index (κ2) is 6.93. The molecule has 0 saturated carbocycles. The van der Waals surface area contributed by atoms with Gasteiger partial charge in [-0.3, -0.25) is 14.5 Å². The van der Waals surface area contributed by atoms with E-state index in [9.17, 15) is 9.59 Å². The van der Waals surface area contributed by atoms with Crippen LogP contribution in [0.2, 0.25) is 0 Å². The van der Waals surface area contributed by atoms with E-state index in [1.54, 1.807) is 13.8 Å². The molecule has 1 atom stereocenters. The third-order valence-corrected chi connectivity index (χ3v) is 5.12. The number of esters is 2. The first-order chi connectivity index (χ1) is 11.7. The lowest BCUT2D eigenvalue weighted by Gasteiger charge is -2.49. The maximum absolute atomic E-state index is 13.1. The van der Waals surface area contributed by atoms with Crippen LogP contribution < -0.4 is 0 Å². The molecule has 0 aromatic heterocycles. The third kappa shape index (κ3) is 2.51. The predicted octanol–water partition coefficient (Wildman–Crippen LogP) is 2.42. The van der Waals surface area contributed by atoms with E-state index in [4.69, 9.17) is 9.47 Å². The number of benzene rings is 1. The van der Waals surface area contributed by atoms with Crippen molar-refractivity contribution >= 4 is 11.9 Å². The second-order valence-electron chi connectivity index (χ2n) is 6.39. The molecule has 5 nitrogen and oxygen atoms in total. The average molecular weight is 331 g/mol. The summed E-state index contributed by atoms with van der Waals surface area (Å²) in [4.78, 5) is 28.5. The maximum atomic E-state index is 13.1. The maximum Gasteiger partial charge on any atom is 0.329 e. The van der Waals surface area contributed by atoms with Gasteiger partial charge in [0.15, 0.2) is 0 Å². The van der Waals surface area contributed by atoms with Crippen molar-refractivity contribution in [2.75, 3.05) is 19.8 Å². The summed E-state index contributed by atoms with van der Waals surface area (Å²) in [5.74, 6) is -0.958. The Balaban J connectivity index is 2.21. The molecule has 0 spiro atoms. The largest absolute Gasteiger partial charge is 0.465 e. The Morgan fingerprint density at radius 3 is 2.46 bits per heavy atom. The fourth-order valence-electron chi connectivity index (χ4n) is 4.18. The Morgan fingerprint density at radius 2 is 1.79 bits per heavy atom. The van der Waals surface area contributed by atoms with E-state index in [2.05, 4.69) is 4.90 Å². The van der Waals surface area contributed by atoms with Gasteiger partial charge in [-0.15, -0.1) is 0 Å². The van der Waals surface area contributed by atoms with Gasteiger partial charge in [0, 0.05) is 12.6 Å². The Labute approximate surface area is 142 Å². The van der Waals surface area contributed by atoms with Crippen molar-refractivity contribution in [3.8, 4) is 0 Å². The van der Waals surface area contributed by atoms with Crippen molar-refractivity contribution in [1.82, 2.24) is 4.90 Å². The first-order valence-corrected chi connectivity index (χ1v) is 8.83. The number of rotatable bonds is 4. The molecule has 24 heavy (non-hydrogen) atoms. The molecule has 2 heterocycles. The van der Waals surface area contributed by atoms with Crippen molar-refractivity contribution in [2.45, 2.75) is 51.1 Å². The summed E-state index contributed by atoms with van der Waals surface area (Å²) in [5, 5.41) is 0. The number of hydrogen-bond acceptors (Lipinski definition) is 5. The lowest BCUT2D eigenvalue weighted by atomic mass is 9.66. The summed E-state index contributed by atoms with van der Waals surface area (Å²) in [6.45, 7) is 5.68. The Morgan fingerprint density at radius 1 is 1.12 bits per heavy atom. The SMILES string of the molecule is CCOC(=O)C1(C(=O)OCC)c2ccccc2CN2CCCCC21. The van der Waals surface area contributed by atoms with Gasteiger partial charge in [-0.05, 0) is 44.4 Å². The van der Waals surface area contributed by atoms with Gasteiger partial charge in [0.25, 0.3) is 0 Å². The van der Waals surface area contributed by atoms with Gasteiger partial charge in [-0.25, -0.2) is 0 Å². The quantitative estimate of drug-likeness (QED) is 0.626. The molecule has 0 aliphatic carbocycles. The van der Waals surface area contributed by atoms with Crippen molar-refractivity contribution in [3.63, 3.8) is 0 Å². The molecule has 0 bridgehead atoms. The summed E-state index contributed by atoms with van der Waals surface area (Å²) in [6, 6.07) is 7.51. The van der Waals surface area contributed by atoms with E-state index < -0.39 is 17.4 Å². The highest BCUT2D eigenvalue weighted by molar-refractivity contribution is 6.08. The fraction of sp³-hybridized carbons (Fsp3) is 0.579. The number of piperidine rings is 1. The number of carbonyl (C=O) groups excluding carboxylic acids is 2. The highest BCUT2D eigenvalue weighted by Gasteiger charge is 2.61. The van der Waals surface area contributed by atoms with Crippen LogP contribution in [0.3, 0.4) is 0 Å². The van der Waals surface area contributed by atoms with Gasteiger partial charge < -0.3 is 9.47 Å². The molecule has 1 unspecified atom stereocenters. The molecule has 5 heteroatoms. The van der Waals surface area contributed by atoms with Crippen LogP contribution in [-0.2, 0) is 31.0 Å². The van der Waals surface area contributed by atoms with Crippen LogP contribution in [0.15, 0.2) is 24.3 Å². The average Bonchev–Trinajstić information content (AvgIpc) is 2.60. The van der Waals surface area contributed by atoms with Crippen molar-refractivity contribution in [2.24, 2.45) is 0 Å². The van der Waals surface area contributed by atoms with Gasteiger partial charge in [0.1, 0.15) is 0 Å². The Hall–Kier alpha value is -1.88. The summed E-state index contributed by atoms with van der Waals surface area (Å²) >= 11 is 0. The van der Waals surface area contributed by atoms with Gasteiger partial charge in [-0.1, -0.05) is 30.7 Å². The molecule has 0 radical (unpaired) electrons. The van der Waals surface area contributed by atoms with Crippen LogP contribution >= 0.6 is 0 Å². The minimum Gasteiger partial charge on any atom is -0.465 e. The molecule has 1 aromatic carbocycles. The summed E-state index contributed by atoms with van der Waals surface area (Å²) in [6.07, 6.45) is 2.89. The lowest BCUT2D eigenvalue weighted by Crippen LogP contribution is -2.64. The van der Waals surface area contributed by atoms with E-state index in [1.165, 1.54) is 0 Å². The van der Waals surface area contributed by atoms with Crippen LogP contribution in [0.25, 0.3) is 0 Å². The molecular formula is C19H25NO4. The smallest absolute Gasteiger partial charge is 0.329 e. The number of hydrogen-bond donors (Lipinski definition) is 0. The van der Waals surface area contributed by atoms with Crippen LogP contribution in [0, 0.1) is 0 Å². The molecule has 0 N–H and O–H groups in total. The summed E-state index contributed by atoms with van der Waals surface area (Å²) < 4.78 is 10.8. The zero-order valence-corrected chi connectivity index (χ0v) is 14.4. The van der Waals surface area contributed by atoms with Gasteiger partial charge >= 0.3 is 11.9 Å². The highest BCUT2D eigenvalue weighted by Crippen LogP contribution is 2.44. The zero-order valence-electron chi connectivity index (χ0n) is 14.4. The summed E-state index contributed by atoms with van der Waals surface area (Å²) in [7, 11) is 0. The molecule has 2 aliphatic rings. The molecule has 2 aliphatic heterocycles. The standard InChI is InChI=1S/C19H25NO4/c1-3-23-17(21)19(18(22)24-4-2)15-10-6-5-9-14(15)13-20-12-8-7-11-16(19)20/h5-6,9-10,16H,3-4,7-8,11-13H2,1-2H3.